The van der Waals surface area contributed by atoms with Crippen LogP contribution in [0.5, 0.6) is 5.75 Å². The molecule has 3 rings (SSSR count). The first-order valence-corrected chi connectivity index (χ1v) is 6.76. The van der Waals surface area contributed by atoms with Crippen LogP contribution in [0.3, 0.4) is 0 Å². The van der Waals surface area contributed by atoms with Crippen molar-refractivity contribution in [3.8, 4) is 5.75 Å². The molecule has 0 spiro atoms. The van der Waals surface area contributed by atoms with Crippen molar-refractivity contribution in [2.75, 3.05) is 0 Å². The Morgan fingerprint density at radius 1 is 1.18 bits per heavy atom. The molecule has 1 heterocycles. The Balaban J connectivity index is 1.73. The monoisotopic (exact) mass is 232 g/mol. The number of hydrogen-bond donors (Lipinski definition) is 1. The van der Waals surface area contributed by atoms with Crippen molar-refractivity contribution in [2.45, 2.75) is 51.2 Å². The van der Waals surface area contributed by atoms with Gasteiger partial charge in [0, 0.05) is 6.42 Å². The lowest BCUT2D eigenvalue weighted by Crippen LogP contribution is -2.26. The number of aliphatic hydroxyl groups excluding tert-OH is 1. The fourth-order valence-corrected chi connectivity index (χ4v) is 3.20. The van der Waals surface area contributed by atoms with E-state index in [-0.39, 0.29) is 6.61 Å². The van der Waals surface area contributed by atoms with Crippen LogP contribution in [0.15, 0.2) is 18.2 Å². The Morgan fingerprint density at radius 3 is 2.76 bits per heavy atom. The summed E-state index contributed by atoms with van der Waals surface area (Å²) in [6.45, 7) is 0.126. The summed E-state index contributed by atoms with van der Waals surface area (Å²) < 4.78 is 6.06. The second-order valence-electron chi connectivity index (χ2n) is 5.36. The van der Waals surface area contributed by atoms with E-state index in [4.69, 9.17) is 9.84 Å². The molecule has 0 aromatic heterocycles. The van der Waals surface area contributed by atoms with E-state index in [2.05, 4.69) is 6.07 Å². The average Bonchev–Trinajstić information content (AvgIpc) is 2.82. The molecule has 1 aromatic rings. The number of rotatable bonds is 2. The van der Waals surface area contributed by atoms with Crippen molar-refractivity contribution in [3.05, 3.63) is 29.3 Å². The fourth-order valence-electron chi connectivity index (χ4n) is 3.20. The molecule has 0 radical (unpaired) electrons. The minimum absolute atomic E-state index is 0.126. The van der Waals surface area contributed by atoms with Crippen LogP contribution in [-0.4, -0.2) is 11.2 Å². The summed E-state index contributed by atoms with van der Waals surface area (Å²) in [5.74, 6) is 1.78. The van der Waals surface area contributed by atoms with Crippen LogP contribution in [-0.2, 0) is 13.0 Å². The van der Waals surface area contributed by atoms with Gasteiger partial charge in [-0.15, -0.1) is 0 Å². The van der Waals surface area contributed by atoms with Gasteiger partial charge in [-0.3, -0.25) is 0 Å². The Kier molecular flexibility index (Phi) is 3.06. The number of aliphatic hydroxyl groups is 1. The van der Waals surface area contributed by atoms with Gasteiger partial charge < -0.3 is 9.84 Å². The molecule has 1 unspecified atom stereocenters. The second kappa shape index (κ2) is 4.69. The molecule has 92 valence electrons. The first kappa shape index (κ1) is 11.1. The van der Waals surface area contributed by atoms with Gasteiger partial charge in [-0.2, -0.15) is 0 Å². The van der Waals surface area contributed by atoms with Crippen molar-refractivity contribution >= 4 is 0 Å². The van der Waals surface area contributed by atoms with Gasteiger partial charge in [0.2, 0.25) is 0 Å². The summed E-state index contributed by atoms with van der Waals surface area (Å²) in [5, 5.41) is 9.14. The molecule has 2 nitrogen and oxygen atoms in total. The van der Waals surface area contributed by atoms with Crippen molar-refractivity contribution in [1.29, 1.82) is 0 Å². The first-order chi connectivity index (χ1) is 8.36. The number of ether oxygens (including phenoxy) is 1. The van der Waals surface area contributed by atoms with E-state index in [0.717, 1.165) is 23.7 Å². The Hall–Kier alpha value is -1.02. The van der Waals surface area contributed by atoms with Crippen molar-refractivity contribution in [2.24, 2.45) is 5.92 Å². The fraction of sp³-hybridized carbons (Fsp3) is 0.600. The van der Waals surface area contributed by atoms with Crippen LogP contribution in [0.1, 0.15) is 43.2 Å². The van der Waals surface area contributed by atoms with E-state index >= 15 is 0 Å². The molecule has 1 aliphatic heterocycles. The topological polar surface area (TPSA) is 29.5 Å². The molecular weight excluding hydrogens is 212 g/mol. The zero-order valence-electron chi connectivity index (χ0n) is 10.2. The third kappa shape index (κ3) is 2.19. The summed E-state index contributed by atoms with van der Waals surface area (Å²) >= 11 is 0. The van der Waals surface area contributed by atoms with E-state index in [1.54, 1.807) is 0 Å². The van der Waals surface area contributed by atoms with Crippen molar-refractivity contribution in [3.63, 3.8) is 0 Å². The van der Waals surface area contributed by atoms with Gasteiger partial charge >= 0.3 is 0 Å². The van der Waals surface area contributed by atoms with Crippen LogP contribution in [0.4, 0.5) is 0 Å². The molecule has 1 aliphatic carbocycles. The van der Waals surface area contributed by atoms with E-state index < -0.39 is 0 Å². The number of benzene rings is 1. The highest BCUT2D eigenvalue weighted by atomic mass is 16.5. The average molecular weight is 232 g/mol. The lowest BCUT2D eigenvalue weighted by atomic mass is 9.84. The highest BCUT2D eigenvalue weighted by Crippen LogP contribution is 2.37. The predicted molar refractivity (Wildman–Crippen MR) is 67.1 cm³/mol. The van der Waals surface area contributed by atoms with Gasteiger partial charge in [-0.1, -0.05) is 25.3 Å². The van der Waals surface area contributed by atoms with E-state index in [1.165, 1.54) is 37.7 Å². The van der Waals surface area contributed by atoms with Crippen LogP contribution < -0.4 is 4.74 Å². The maximum Gasteiger partial charge on any atom is 0.123 e. The summed E-state index contributed by atoms with van der Waals surface area (Å²) in [7, 11) is 0. The molecule has 1 saturated carbocycles. The second-order valence-corrected chi connectivity index (χ2v) is 5.36. The van der Waals surface area contributed by atoms with Crippen LogP contribution in [0.25, 0.3) is 0 Å². The zero-order chi connectivity index (χ0) is 11.7. The van der Waals surface area contributed by atoms with Gasteiger partial charge in [0.1, 0.15) is 11.9 Å². The smallest absolute Gasteiger partial charge is 0.123 e. The maximum atomic E-state index is 9.14. The van der Waals surface area contributed by atoms with Gasteiger partial charge in [0.15, 0.2) is 0 Å². The lowest BCUT2D eigenvalue weighted by molar-refractivity contribution is 0.129. The van der Waals surface area contributed by atoms with Gasteiger partial charge in [0.25, 0.3) is 0 Å². The van der Waals surface area contributed by atoms with E-state index in [0.29, 0.717) is 6.10 Å². The SMILES string of the molecule is OCc1ccc2c(c1)CC(C1CCCCC1)O2. The van der Waals surface area contributed by atoms with Crippen molar-refractivity contribution in [1.82, 2.24) is 0 Å². The molecule has 2 aliphatic rings. The summed E-state index contributed by atoms with van der Waals surface area (Å²) in [5.41, 5.74) is 2.28. The molecule has 2 heteroatoms. The summed E-state index contributed by atoms with van der Waals surface area (Å²) in [6, 6.07) is 6.07. The molecule has 0 saturated heterocycles. The quantitative estimate of drug-likeness (QED) is 0.849. The summed E-state index contributed by atoms with van der Waals surface area (Å²) in [6.07, 6.45) is 8.19. The molecule has 17 heavy (non-hydrogen) atoms. The maximum absolute atomic E-state index is 9.14. The Labute approximate surface area is 103 Å². The molecule has 1 atom stereocenters. The number of fused-ring (bicyclic) bond motifs is 1. The third-order valence-corrected chi connectivity index (χ3v) is 4.18. The molecule has 0 amide bonds. The first-order valence-electron chi connectivity index (χ1n) is 6.76. The minimum atomic E-state index is 0.126. The van der Waals surface area contributed by atoms with E-state index in [1.807, 2.05) is 12.1 Å². The largest absolute Gasteiger partial charge is 0.490 e. The standard InChI is InChI=1S/C15H20O2/c16-10-11-6-7-14-13(8-11)9-15(17-14)12-4-2-1-3-5-12/h6-8,12,15-16H,1-5,9-10H2. The predicted octanol–water partition coefficient (Wildman–Crippen LogP) is 3.06. The normalized spacial score (nSPS) is 24.4. The highest BCUT2D eigenvalue weighted by molar-refractivity contribution is 5.40. The Bertz CT molecular complexity index is 394. The molecule has 0 bridgehead atoms. The van der Waals surface area contributed by atoms with Crippen LogP contribution in [0, 0.1) is 5.92 Å². The van der Waals surface area contributed by atoms with Gasteiger partial charge in [0.05, 0.1) is 6.61 Å². The molecule has 1 N–H and O–H groups in total. The third-order valence-electron chi connectivity index (χ3n) is 4.18. The number of hydrogen-bond acceptors (Lipinski definition) is 2. The molecule has 1 fully saturated rings. The minimum Gasteiger partial charge on any atom is -0.490 e. The van der Waals surface area contributed by atoms with Crippen LogP contribution in [0.2, 0.25) is 0 Å². The van der Waals surface area contributed by atoms with E-state index in [9.17, 15) is 0 Å². The van der Waals surface area contributed by atoms with Gasteiger partial charge in [-0.05, 0) is 42.0 Å². The molecular formula is C15H20O2. The van der Waals surface area contributed by atoms with Crippen molar-refractivity contribution < 1.29 is 9.84 Å². The van der Waals surface area contributed by atoms with Crippen LogP contribution >= 0.6 is 0 Å². The molecule has 1 aromatic carbocycles. The zero-order valence-corrected chi connectivity index (χ0v) is 10.2. The summed E-state index contributed by atoms with van der Waals surface area (Å²) in [4.78, 5) is 0. The van der Waals surface area contributed by atoms with Gasteiger partial charge in [-0.25, -0.2) is 0 Å². The highest BCUT2D eigenvalue weighted by Gasteiger charge is 2.31. The lowest BCUT2D eigenvalue weighted by Gasteiger charge is -2.26. The Morgan fingerprint density at radius 2 is 2.00 bits per heavy atom.